The number of carbonyl (C=O) groups excluding carboxylic acids is 1. The van der Waals surface area contributed by atoms with Crippen molar-refractivity contribution in [1.29, 1.82) is 0 Å². The van der Waals surface area contributed by atoms with Gasteiger partial charge in [0.1, 0.15) is 10.6 Å². The zero-order valence-corrected chi connectivity index (χ0v) is 15.7. The monoisotopic (exact) mass is 356 g/mol. The number of fused-ring (bicyclic) bond motifs is 5. The van der Waals surface area contributed by atoms with Crippen LogP contribution in [0.3, 0.4) is 0 Å². The van der Waals surface area contributed by atoms with Crippen LogP contribution in [0, 0.1) is 5.92 Å². The number of rotatable bonds is 4. The van der Waals surface area contributed by atoms with Crippen molar-refractivity contribution in [3.05, 3.63) is 17.0 Å². The third-order valence-electron chi connectivity index (χ3n) is 4.73. The third kappa shape index (κ3) is 2.10. The van der Waals surface area contributed by atoms with Crippen LogP contribution in [0.1, 0.15) is 48.8 Å². The van der Waals surface area contributed by atoms with Gasteiger partial charge >= 0.3 is 5.97 Å². The number of hydrogen-bond donors (Lipinski definition) is 0. The lowest BCUT2D eigenvalue weighted by molar-refractivity contribution is -0.144. The molecule has 1 aromatic rings. The topological polar surface area (TPSA) is 44.1 Å². The van der Waals surface area contributed by atoms with Crippen molar-refractivity contribution in [2.45, 2.75) is 42.5 Å². The zero-order valence-electron chi connectivity index (χ0n) is 12.9. The van der Waals surface area contributed by atoms with Crippen LogP contribution in [-0.4, -0.2) is 33.9 Å². The van der Waals surface area contributed by atoms with Crippen molar-refractivity contribution in [3.8, 4) is 0 Å². The fourth-order valence-corrected chi connectivity index (χ4v) is 7.90. The molecule has 4 nitrogen and oxygen atoms in total. The van der Waals surface area contributed by atoms with Gasteiger partial charge in [-0.05, 0) is 25.2 Å². The molecule has 4 rings (SSSR count). The van der Waals surface area contributed by atoms with Crippen LogP contribution in [0.25, 0.3) is 0 Å². The Labute approximate surface area is 141 Å². The van der Waals surface area contributed by atoms with Crippen LogP contribution >= 0.6 is 32.8 Å². The van der Waals surface area contributed by atoms with Gasteiger partial charge < -0.3 is 4.74 Å². The Balaban J connectivity index is 1.79. The lowest BCUT2D eigenvalue weighted by atomic mass is 10.1. The number of ether oxygens (including phenoxy) is 1. The summed E-state index contributed by atoms with van der Waals surface area (Å²) in [4.78, 5) is 12.0. The molecular formula is C15H21N2O2PS2. The minimum atomic E-state index is -0.181. The van der Waals surface area contributed by atoms with E-state index in [0.717, 1.165) is 5.92 Å². The maximum atomic E-state index is 12.0. The molecule has 1 saturated carbocycles. The summed E-state index contributed by atoms with van der Waals surface area (Å²) >= 11 is 4.14. The van der Waals surface area contributed by atoms with Crippen molar-refractivity contribution in [2.24, 2.45) is 5.92 Å². The molecule has 1 aliphatic heterocycles. The van der Waals surface area contributed by atoms with E-state index >= 15 is 0 Å². The van der Waals surface area contributed by atoms with E-state index in [0.29, 0.717) is 18.2 Å². The van der Waals surface area contributed by atoms with E-state index in [1.807, 2.05) is 11.6 Å². The van der Waals surface area contributed by atoms with Crippen LogP contribution < -0.4 is 0 Å². The molecule has 0 aromatic carbocycles. The van der Waals surface area contributed by atoms with Crippen LogP contribution in [-0.2, 0) is 20.2 Å². The van der Waals surface area contributed by atoms with Gasteiger partial charge in [0, 0.05) is 22.7 Å². The Kier molecular flexibility index (Phi) is 3.78. The number of thioether (sulfide) groups is 2. The van der Waals surface area contributed by atoms with Crippen LogP contribution in [0.4, 0.5) is 0 Å². The standard InChI is InChI=1S/C15H21N2O2PS2/c1-3-19-11(18)7-17-14-12(13(16-17)8(2)20)9-6-10(9)15(14)21-4-5-22-15/h8-10H,3-7,20H2,1-2H3. The van der Waals surface area contributed by atoms with Crippen molar-refractivity contribution in [3.63, 3.8) is 0 Å². The lowest BCUT2D eigenvalue weighted by Crippen LogP contribution is -2.24. The van der Waals surface area contributed by atoms with Crippen molar-refractivity contribution in [2.75, 3.05) is 18.1 Å². The largest absolute Gasteiger partial charge is 0.465 e. The number of hydrogen-bond acceptors (Lipinski definition) is 5. The van der Waals surface area contributed by atoms with Crippen molar-refractivity contribution in [1.82, 2.24) is 9.78 Å². The number of aromatic nitrogens is 2. The molecule has 22 heavy (non-hydrogen) atoms. The minimum Gasteiger partial charge on any atom is -0.465 e. The fraction of sp³-hybridized carbons (Fsp3) is 0.733. The molecule has 4 atom stereocenters. The number of esters is 1. The predicted octanol–water partition coefficient (Wildman–Crippen LogP) is 3.13. The second-order valence-electron chi connectivity index (χ2n) is 6.21. The second kappa shape index (κ2) is 5.42. The molecule has 4 unspecified atom stereocenters. The highest BCUT2D eigenvalue weighted by Crippen LogP contribution is 2.75. The lowest BCUT2D eigenvalue weighted by Gasteiger charge is -2.25. The molecule has 2 aliphatic carbocycles. The quantitative estimate of drug-likeness (QED) is 0.613. The highest BCUT2D eigenvalue weighted by Gasteiger charge is 2.66. The molecular weight excluding hydrogens is 335 g/mol. The molecule has 0 N–H and O–H groups in total. The Morgan fingerprint density at radius 3 is 2.91 bits per heavy atom. The van der Waals surface area contributed by atoms with Gasteiger partial charge in [0.25, 0.3) is 0 Å². The summed E-state index contributed by atoms with van der Waals surface area (Å²) in [6.07, 6.45) is 1.29. The van der Waals surface area contributed by atoms with Gasteiger partial charge in [0.05, 0.1) is 18.0 Å². The molecule has 2 heterocycles. The van der Waals surface area contributed by atoms with Gasteiger partial charge in [-0.1, -0.05) is 6.92 Å². The molecule has 120 valence electrons. The fourth-order valence-electron chi connectivity index (χ4n) is 3.90. The highest BCUT2D eigenvalue weighted by molar-refractivity contribution is 8.20. The van der Waals surface area contributed by atoms with E-state index in [2.05, 4.69) is 39.7 Å². The second-order valence-corrected chi connectivity index (χ2v) is 10.2. The normalized spacial score (nSPS) is 28.5. The Hall–Kier alpha value is -0.190. The first-order valence-electron chi connectivity index (χ1n) is 7.88. The first kappa shape index (κ1) is 15.3. The molecule has 7 heteroatoms. The summed E-state index contributed by atoms with van der Waals surface area (Å²) in [7, 11) is 2.86. The Morgan fingerprint density at radius 2 is 2.27 bits per heavy atom. The Bertz CT molecular complexity index is 625. The maximum Gasteiger partial charge on any atom is 0.327 e. The van der Waals surface area contributed by atoms with Crippen LogP contribution in [0.2, 0.25) is 0 Å². The van der Waals surface area contributed by atoms with Crippen molar-refractivity contribution >= 4 is 38.7 Å². The summed E-state index contributed by atoms with van der Waals surface area (Å²) in [6, 6.07) is 0. The summed E-state index contributed by atoms with van der Waals surface area (Å²) in [5.41, 5.74) is 4.25. The van der Waals surface area contributed by atoms with E-state index in [9.17, 15) is 4.79 Å². The van der Waals surface area contributed by atoms with Gasteiger partial charge in [-0.3, -0.25) is 9.48 Å². The number of carbonyl (C=O) groups is 1. The predicted molar refractivity (Wildman–Crippen MR) is 94.4 cm³/mol. The summed E-state index contributed by atoms with van der Waals surface area (Å²) in [5.74, 6) is 3.63. The Morgan fingerprint density at radius 1 is 1.55 bits per heavy atom. The third-order valence-corrected chi connectivity index (χ3v) is 8.68. The zero-order chi connectivity index (χ0) is 15.5. The van der Waals surface area contributed by atoms with E-state index in [-0.39, 0.29) is 16.6 Å². The van der Waals surface area contributed by atoms with E-state index < -0.39 is 0 Å². The van der Waals surface area contributed by atoms with Gasteiger partial charge in [-0.2, -0.15) is 5.10 Å². The van der Waals surface area contributed by atoms with Crippen LogP contribution in [0.5, 0.6) is 0 Å². The molecule has 0 bridgehead atoms. The SMILES string of the molecule is CCOC(=O)Cn1nc(C(C)P)c2c1C1(SCCS1)C1CC21. The van der Waals surface area contributed by atoms with Gasteiger partial charge in [-0.15, -0.1) is 32.8 Å². The smallest absolute Gasteiger partial charge is 0.327 e. The molecule has 2 fully saturated rings. The first-order valence-corrected chi connectivity index (χ1v) is 10.5. The maximum absolute atomic E-state index is 12.0. The van der Waals surface area contributed by atoms with Gasteiger partial charge in [-0.25, -0.2) is 0 Å². The van der Waals surface area contributed by atoms with Gasteiger partial charge in [0.15, 0.2) is 0 Å². The van der Waals surface area contributed by atoms with E-state index in [1.54, 1.807) is 0 Å². The van der Waals surface area contributed by atoms with E-state index in [4.69, 9.17) is 9.84 Å². The average Bonchev–Trinajstić information content (AvgIpc) is 2.87. The molecule has 0 radical (unpaired) electrons. The first-order chi connectivity index (χ1) is 10.6. The summed E-state index contributed by atoms with van der Waals surface area (Å²) in [5, 5.41) is 4.82. The average molecular weight is 356 g/mol. The summed E-state index contributed by atoms with van der Waals surface area (Å²) < 4.78 is 7.25. The molecule has 1 aromatic heterocycles. The van der Waals surface area contributed by atoms with Crippen molar-refractivity contribution < 1.29 is 9.53 Å². The molecule has 0 amide bonds. The molecule has 1 saturated heterocycles. The minimum absolute atomic E-state index is 0.150. The summed E-state index contributed by atoms with van der Waals surface area (Å²) in [6.45, 7) is 4.69. The van der Waals surface area contributed by atoms with Gasteiger partial charge in [0.2, 0.25) is 0 Å². The highest BCUT2D eigenvalue weighted by atomic mass is 32.2. The number of nitrogens with zero attached hydrogens (tertiary/aromatic N) is 2. The van der Waals surface area contributed by atoms with E-state index in [1.165, 1.54) is 34.9 Å². The van der Waals surface area contributed by atoms with Crippen LogP contribution in [0.15, 0.2) is 0 Å². The molecule has 1 spiro atoms. The molecule has 3 aliphatic rings.